The molecule has 0 bridgehead atoms. The van der Waals surface area contributed by atoms with E-state index in [1.807, 2.05) is 18.2 Å². The van der Waals surface area contributed by atoms with E-state index in [0.29, 0.717) is 24.9 Å². The van der Waals surface area contributed by atoms with Gasteiger partial charge in [0, 0.05) is 22.6 Å². The van der Waals surface area contributed by atoms with E-state index in [1.54, 1.807) is 13.8 Å². The van der Waals surface area contributed by atoms with Crippen LogP contribution in [0.15, 0.2) is 27.8 Å². The normalized spacial score (nSPS) is 22.4. The summed E-state index contributed by atoms with van der Waals surface area (Å²) in [5.74, 6) is 0.655. The van der Waals surface area contributed by atoms with Crippen LogP contribution in [0.3, 0.4) is 0 Å². The maximum atomic E-state index is 12.0. The summed E-state index contributed by atoms with van der Waals surface area (Å²) >= 11 is 3.52. The maximum Gasteiger partial charge on any atom is 0.347 e. The second-order valence-electron chi connectivity index (χ2n) is 7.18. The largest absolute Gasteiger partial charge is 0.478 e. The van der Waals surface area contributed by atoms with Crippen LogP contribution in [0.25, 0.3) is 0 Å². The van der Waals surface area contributed by atoms with Gasteiger partial charge in [-0.1, -0.05) is 34.4 Å². The lowest BCUT2D eigenvalue weighted by Gasteiger charge is -2.21. The number of rotatable bonds is 10. The summed E-state index contributed by atoms with van der Waals surface area (Å²) in [7, 11) is 0. The molecular formula is C21H28BrNO5. The van der Waals surface area contributed by atoms with Crippen LogP contribution in [0.1, 0.15) is 52.0 Å². The molecule has 6 nitrogen and oxygen atoms in total. The molecule has 1 aromatic carbocycles. The highest BCUT2D eigenvalue weighted by Gasteiger charge is 2.46. The SMILES string of the molecule is CCCCOC1C(c2cc(Br)ccc2O[C@@H](C)C(=O)OCC)=NOC1C1CC1. The molecule has 154 valence electrons. The second kappa shape index (κ2) is 9.74. The Hall–Kier alpha value is -1.60. The van der Waals surface area contributed by atoms with E-state index in [4.69, 9.17) is 19.0 Å². The van der Waals surface area contributed by atoms with Crippen molar-refractivity contribution in [3.8, 4) is 5.75 Å². The quantitative estimate of drug-likeness (QED) is 0.385. The van der Waals surface area contributed by atoms with Gasteiger partial charge < -0.3 is 19.0 Å². The number of ether oxygens (including phenoxy) is 3. The van der Waals surface area contributed by atoms with E-state index in [9.17, 15) is 4.79 Å². The number of hydrogen-bond acceptors (Lipinski definition) is 6. The van der Waals surface area contributed by atoms with Crippen LogP contribution in [-0.4, -0.2) is 43.2 Å². The molecule has 1 aliphatic heterocycles. The van der Waals surface area contributed by atoms with E-state index in [1.165, 1.54) is 0 Å². The van der Waals surface area contributed by atoms with Gasteiger partial charge in [0.1, 0.15) is 17.6 Å². The predicted molar refractivity (Wildman–Crippen MR) is 110 cm³/mol. The molecule has 2 aliphatic rings. The molecule has 1 aromatic rings. The fourth-order valence-corrected chi connectivity index (χ4v) is 3.53. The average Bonchev–Trinajstić information content (AvgIpc) is 3.44. The highest BCUT2D eigenvalue weighted by Crippen LogP contribution is 2.41. The Kier molecular flexibility index (Phi) is 7.35. The second-order valence-corrected chi connectivity index (χ2v) is 8.10. The van der Waals surface area contributed by atoms with Gasteiger partial charge in [-0.3, -0.25) is 0 Å². The molecule has 1 heterocycles. The first kappa shape index (κ1) is 21.1. The van der Waals surface area contributed by atoms with E-state index in [2.05, 4.69) is 28.0 Å². The van der Waals surface area contributed by atoms with Crippen LogP contribution in [-0.2, 0) is 19.1 Å². The third-order valence-electron chi connectivity index (χ3n) is 4.86. The van der Waals surface area contributed by atoms with Crippen molar-refractivity contribution in [1.82, 2.24) is 0 Å². The molecule has 7 heteroatoms. The summed E-state index contributed by atoms with van der Waals surface area (Å²) in [6, 6.07) is 5.63. The number of oxime groups is 1. The topological polar surface area (TPSA) is 66.4 Å². The third kappa shape index (κ3) is 5.06. The van der Waals surface area contributed by atoms with Gasteiger partial charge in [0.2, 0.25) is 0 Å². The van der Waals surface area contributed by atoms with Crippen LogP contribution < -0.4 is 4.74 Å². The highest BCUT2D eigenvalue weighted by molar-refractivity contribution is 9.10. The van der Waals surface area contributed by atoms with E-state index >= 15 is 0 Å². The Bertz CT molecular complexity index is 719. The van der Waals surface area contributed by atoms with E-state index in [0.717, 1.165) is 41.4 Å². The Morgan fingerprint density at radius 1 is 1.36 bits per heavy atom. The first-order chi connectivity index (χ1) is 13.5. The van der Waals surface area contributed by atoms with Gasteiger partial charge in [-0.25, -0.2) is 4.79 Å². The fourth-order valence-electron chi connectivity index (χ4n) is 3.17. The van der Waals surface area contributed by atoms with Crippen molar-refractivity contribution in [3.63, 3.8) is 0 Å². The molecular weight excluding hydrogens is 426 g/mol. The molecule has 0 amide bonds. The molecule has 3 atom stereocenters. The lowest BCUT2D eigenvalue weighted by molar-refractivity contribution is -0.150. The average molecular weight is 454 g/mol. The smallest absolute Gasteiger partial charge is 0.347 e. The van der Waals surface area contributed by atoms with Crippen molar-refractivity contribution < 1.29 is 23.8 Å². The zero-order valence-corrected chi connectivity index (χ0v) is 18.2. The number of carbonyl (C=O) groups excluding carboxylic acids is 1. The Balaban J connectivity index is 1.83. The van der Waals surface area contributed by atoms with Crippen molar-refractivity contribution in [2.24, 2.45) is 11.1 Å². The molecule has 0 saturated heterocycles. The number of esters is 1. The predicted octanol–water partition coefficient (Wildman–Crippen LogP) is 4.48. The van der Waals surface area contributed by atoms with Crippen LogP contribution in [0.2, 0.25) is 0 Å². The first-order valence-electron chi connectivity index (χ1n) is 10.0. The molecule has 1 aliphatic carbocycles. The van der Waals surface area contributed by atoms with E-state index < -0.39 is 12.1 Å². The summed E-state index contributed by atoms with van der Waals surface area (Å²) in [6.07, 6.45) is 3.33. The van der Waals surface area contributed by atoms with Crippen molar-refractivity contribution in [2.75, 3.05) is 13.2 Å². The fraction of sp³-hybridized carbons (Fsp3) is 0.619. The Labute approximate surface area is 174 Å². The molecule has 0 N–H and O–H groups in total. The maximum absolute atomic E-state index is 12.0. The lowest BCUT2D eigenvalue weighted by Crippen LogP contribution is -2.35. The van der Waals surface area contributed by atoms with Crippen molar-refractivity contribution in [2.45, 2.75) is 64.8 Å². The summed E-state index contributed by atoms with van der Waals surface area (Å²) in [5, 5.41) is 4.37. The van der Waals surface area contributed by atoms with Crippen LogP contribution in [0.5, 0.6) is 5.75 Å². The van der Waals surface area contributed by atoms with Gasteiger partial charge in [-0.2, -0.15) is 0 Å². The van der Waals surface area contributed by atoms with Crippen molar-refractivity contribution in [3.05, 3.63) is 28.2 Å². The Morgan fingerprint density at radius 2 is 2.14 bits per heavy atom. The summed E-state index contributed by atoms with van der Waals surface area (Å²) < 4.78 is 18.1. The van der Waals surface area contributed by atoms with Gasteiger partial charge in [0.15, 0.2) is 12.2 Å². The lowest BCUT2D eigenvalue weighted by atomic mass is 9.98. The minimum Gasteiger partial charge on any atom is -0.478 e. The zero-order chi connectivity index (χ0) is 20.1. The monoisotopic (exact) mass is 453 g/mol. The molecule has 1 saturated carbocycles. The van der Waals surface area contributed by atoms with Gasteiger partial charge in [0.05, 0.1) is 6.61 Å². The summed E-state index contributed by atoms with van der Waals surface area (Å²) in [4.78, 5) is 17.8. The Morgan fingerprint density at radius 3 is 2.82 bits per heavy atom. The highest BCUT2D eigenvalue weighted by atomic mass is 79.9. The molecule has 28 heavy (non-hydrogen) atoms. The number of benzene rings is 1. The molecule has 3 rings (SSSR count). The van der Waals surface area contributed by atoms with Crippen molar-refractivity contribution in [1.29, 1.82) is 0 Å². The molecule has 0 radical (unpaired) electrons. The summed E-state index contributed by atoms with van der Waals surface area (Å²) in [5.41, 5.74) is 1.50. The number of hydrogen-bond donors (Lipinski definition) is 0. The van der Waals surface area contributed by atoms with Crippen LogP contribution in [0, 0.1) is 5.92 Å². The minimum absolute atomic E-state index is 0.0545. The molecule has 2 unspecified atom stereocenters. The van der Waals surface area contributed by atoms with Gasteiger partial charge in [-0.05, 0) is 51.3 Å². The number of nitrogens with zero attached hydrogens (tertiary/aromatic N) is 1. The van der Waals surface area contributed by atoms with Gasteiger partial charge >= 0.3 is 5.97 Å². The standard InChI is InChI=1S/C21H28BrNO5/c1-4-6-11-26-20-18(23-28-19(20)14-7-8-14)16-12-15(22)9-10-17(16)27-13(3)21(24)25-5-2/h9-10,12-14,19-20H,4-8,11H2,1-3H3/t13-,19?,20?/m0/s1. The minimum atomic E-state index is -0.721. The van der Waals surface area contributed by atoms with Gasteiger partial charge in [-0.15, -0.1) is 0 Å². The third-order valence-corrected chi connectivity index (χ3v) is 5.36. The molecule has 1 fully saturated rings. The number of carbonyl (C=O) groups is 1. The van der Waals surface area contributed by atoms with E-state index in [-0.39, 0.29) is 12.2 Å². The molecule has 0 aromatic heterocycles. The van der Waals surface area contributed by atoms with Crippen LogP contribution in [0.4, 0.5) is 0 Å². The number of halogens is 1. The summed E-state index contributed by atoms with van der Waals surface area (Å²) in [6.45, 7) is 6.57. The number of unbranched alkanes of at least 4 members (excludes halogenated alkanes) is 1. The van der Waals surface area contributed by atoms with Crippen molar-refractivity contribution >= 4 is 27.6 Å². The molecule has 0 spiro atoms. The first-order valence-corrected chi connectivity index (χ1v) is 10.8. The van der Waals surface area contributed by atoms with Gasteiger partial charge in [0.25, 0.3) is 0 Å². The van der Waals surface area contributed by atoms with Crippen LogP contribution >= 0.6 is 15.9 Å². The zero-order valence-electron chi connectivity index (χ0n) is 16.7.